The minimum Gasteiger partial charge on any atom is -0.395 e. The lowest BCUT2D eigenvalue weighted by atomic mass is 10.2. The molecule has 2 aromatic carbocycles. The van der Waals surface area contributed by atoms with Gasteiger partial charge in [-0.25, -0.2) is 13.8 Å². The lowest BCUT2D eigenvalue weighted by Gasteiger charge is -2.10. The summed E-state index contributed by atoms with van der Waals surface area (Å²) in [6, 6.07) is 7.50. The Morgan fingerprint density at radius 1 is 1.11 bits per heavy atom. The third-order valence-corrected chi connectivity index (χ3v) is 3.56. The Bertz CT molecular complexity index is 755. The molecule has 3 rings (SSSR count). The Morgan fingerprint density at radius 2 is 1.95 bits per heavy atom. The molecule has 0 amide bonds. The molecule has 3 aromatic rings. The van der Waals surface area contributed by atoms with Crippen LogP contribution < -0.4 is 11.1 Å². The maximum absolute atomic E-state index is 13.6. The number of halogens is 2. The maximum atomic E-state index is 13.6. The summed E-state index contributed by atoms with van der Waals surface area (Å²) < 4.78 is 27.7. The van der Waals surface area contributed by atoms with Gasteiger partial charge in [-0.15, -0.1) is 11.3 Å². The fourth-order valence-corrected chi connectivity index (χ4v) is 2.50. The van der Waals surface area contributed by atoms with Crippen LogP contribution >= 0.6 is 11.3 Å². The molecule has 1 aromatic heterocycles. The van der Waals surface area contributed by atoms with Crippen LogP contribution in [-0.4, -0.2) is 4.98 Å². The molecule has 0 saturated heterocycles. The number of benzene rings is 2. The molecule has 0 atom stereocenters. The van der Waals surface area contributed by atoms with E-state index in [-0.39, 0.29) is 5.69 Å². The summed E-state index contributed by atoms with van der Waals surface area (Å²) in [6.07, 6.45) is 0. The molecule has 0 unspecified atom stereocenters. The van der Waals surface area contributed by atoms with Crippen LogP contribution in [0.3, 0.4) is 0 Å². The molecule has 0 spiro atoms. The highest BCUT2D eigenvalue weighted by Gasteiger charge is 2.11. The third kappa shape index (κ3) is 2.00. The van der Waals surface area contributed by atoms with E-state index in [0.29, 0.717) is 16.9 Å². The summed E-state index contributed by atoms with van der Waals surface area (Å²) >= 11 is 1.47. The van der Waals surface area contributed by atoms with E-state index < -0.39 is 11.6 Å². The molecule has 6 heteroatoms. The van der Waals surface area contributed by atoms with Crippen molar-refractivity contribution in [3.8, 4) is 0 Å². The summed E-state index contributed by atoms with van der Waals surface area (Å²) in [5.74, 6) is -1.83. The van der Waals surface area contributed by atoms with Gasteiger partial charge in [0, 0.05) is 0 Å². The molecular weight excluding hydrogens is 268 g/mol. The predicted molar refractivity (Wildman–Crippen MR) is 73.7 cm³/mol. The first-order chi connectivity index (χ1) is 9.16. The zero-order valence-corrected chi connectivity index (χ0v) is 10.5. The number of hydrogen-bond acceptors (Lipinski definition) is 4. The fourth-order valence-electron chi connectivity index (χ4n) is 1.81. The zero-order valence-electron chi connectivity index (χ0n) is 9.65. The van der Waals surface area contributed by atoms with Crippen molar-refractivity contribution in [1.29, 1.82) is 0 Å². The third-order valence-electron chi connectivity index (χ3n) is 2.76. The normalized spacial score (nSPS) is 10.8. The van der Waals surface area contributed by atoms with Gasteiger partial charge in [-0.05, 0) is 24.3 Å². The molecule has 0 aliphatic rings. The molecule has 0 radical (unpaired) electrons. The van der Waals surface area contributed by atoms with Crippen molar-refractivity contribution in [3.63, 3.8) is 0 Å². The van der Waals surface area contributed by atoms with Crippen molar-refractivity contribution >= 4 is 38.6 Å². The van der Waals surface area contributed by atoms with Gasteiger partial charge in [0.05, 0.1) is 27.3 Å². The van der Waals surface area contributed by atoms with Crippen LogP contribution in [0, 0.1) is 11.6 Å². The van der Waals surface area contributed by atoms with Gasteiger partial charge in [-0.1, -0.05) is 6.07 Å². The van der Waals surface area contributed by atoms with Crippen molar-refractivity contribution in [3.05, 3.63) is 47.5 Å². The van der Waals surface area contributed by atoms with Crippen LogP contribution in [0.4, 0.5) is 25.8 Å². The molecular formula is C13H9F2N3S. The predicted octanol–water partition coefficient (Wildman–Crippen LogP) is 3.90. The van der Waals surface area contributed by atoms with E-state index in [1.54, 1.807) is 11.6 Å². The number of nitrogens with two attached hydrogens (primary N) is 1. The number of nitrogens with one attached hydrogen (secondary N) is 1. The molecule has 0 aliphatic heterocycles. The van der Waals surface area contributed by atoms with E-state index >= 15 is 0 Å². The molecule has 3 N–H and O–H groups in total. The van der Waals surface area contributed by atoms with Crippen LogP contribution in [0.5, 0.6) is 0 Å². The van der Waals surface area contributed by atoms with Gasteiger partial charge in [0.15, 0.2) is 11.6 Å². The Kier molecular flexibility index (Phi) is 2.79. The molecule has 3 nitrogen and oxygen atoms in total. The van der Waals surface area contributed by atoms with Crippen LogP contribution in [0.2, 0.25) is 0 Å². The number of anilines is 3. The first kappa shape index (κ1) is 11.9. The quantitative estimate of drug-likeness (QED) is 0.698. The first-order valence-electron chi connectivity index (χ1n) is 5.49. The average molecular weight is 277 g/mol. The van der Waals surface area contributed by atoms with Crippen molar-refractivity contribution in [2.75, 3.05) is 11.1 Å². The summed E-state index contributed by atoms with van der Waals surface area (Å²) in [5.41, 5.74) is 9.28. The lowest BCUT2D eigenvalue weighted by molar-refractivity contribution is 0.512. The van der Waals surface area contributed by atoms with E-state index in [4.69, 9.17) is 5.73 Å². The standard InChI is InChI=1S/C13H9F2N3S/c14-7-2-1-3-8(11(7)15)18-9-4-5-10-13(12(9)16)17-6-19-10/h1-6,18H,16H2. The average Bonchev–Trinajstić information content (AvgIpc) is 2.87. The Balaban J connectivity index is 2.05. The van der Waals surface area contributed by atoms with Crippen molar-refractivity contribution in [2.45, 2.75) is 0 Å². The number of rotatable bonds is 2. The van der Waals surface area contributed by atoms with Crippen LogP contribution in [0.25, 0.3) is 10.2 Å². The first-order valence-corrected chi connectivity index (χ1v) is 6.37. The Labute approximate surface area is 111 Å². The highest BCUT2D eigenvalue weighted by atomic mass is 32.1. The number of aromatic nitrogens is 1. The highest BCUT2D eigenvalue weighted by molar-refractivity contribution is 7.16. The van der Waals surface area contributed by atoms with Crippen molar-refractivity contribution in [1.82, 2.24) is 4.98 Å². The molecule has 96 valence electrons. The minimum atomic E-state index is -0.930. The largest absolute Gasteiger partial charge is 0.395 e. The smallest absolute Gasteiger partial charge is 0.182 e. The van der Waals surface area contributed by atoms with Crippen molar-refractivity contribution in [2.24, 2.45) is 0 Å². The molecule has 0 aliphatic carbocycles. The second-order valence-corrected chi connectivity index (χ2v) is 4.84. The topological polar surface area (TPSA) is 50.9 Å². The van der Waals surface area contributed by atoms with Gasteiger partial charge < -0.3 is 11.1 Å². The molecule has 1 heterocycles. The molecule has 0 bridgehead atoms. The number of fused-ring (bicyclic) bond motifs is 1. The Hall–Kier alpha value is -2.21. The van der Waals surface area contributed by atoms with Gasteiger partial charge >= 0.3 is 0 Å². The summed E-state index contributed by atoms with van der Waals surface area (Å²) in [7, 11) is 0. The fraction of sp³-hybridized carbons (Fsp3) is 0. The number of hydrogen-bond donors (Lipinski definition) is 2. The van der Waals surface area contributed by atoms with E-state index in [9.17, 15) is 8.78 Å². The van der Waals surface area contributed by atoms with Crippen LogP contribution in [0.1, 0.15) is 0 Å². The number of nitrogens with zero attached hydrogens (tertiary/aromatic N) is 1. The van der Waals surface area contributed by atoms with Gasteiger partial charge in [-0.3, -0.25) is 0 Å². The highest BCUT2D eigenvalue weighted by Crippen LogP contribution is 2.32. The molecule has 19 heavy (non-hydrogen) atoms. The van der Waals surface area contributed by atoms with Gasteiger partial charge in [0.25, 0.3) is 0 Å². The van der Waals surface area contributed by atoms with Gasteiger partial charge in [0.2, 0.25) is 0 Å². The van der Waals surface area contributed by atoms with E-state index in [1.807, 2.05) is 6.07 Å². The lowest BCUT2D eigenvalue weighted by Crippen LogP contribution is -2.00. The SMILES string of the molecule is Nc1c(Nc2cccc(F)c2F)ccc2scnc12. The van der Waals surface area contributed by atoms with Crippen molar-refractivity contribution < 1.29 is 8.78 Å². The van der Waals surface area contributed by atoms with E-state index in [0.717, 1.165) is 10.8 Å². The summed E-state index contributed by atoms with van der Waals surface area (Å²) in [4.78, 5) is 4.15. The van der Waals surface area contributed by atoms with Crippen LogP contribution in [0.15, 0.2) is 35.8 Å². The number of thiazole rings is 1. The summed E-state index contributed by atoms with van der Waals surface area (Å²) in [6.45, 7) is 0. The van der Waals surface area contributed by atoms with E-state index in [2.05, 4.69) is 10.3 Å². The van der Waals surface area contributed by atoms with Crippen LogP contribution in [-0.2, 0) is 0 Å². The van der Waals surface area contributed by atoms with Gasteiger partial charge in [0.1, 0.15) is 5.52 Å². The number of nitrogen functional groups attached to an aromatic ring is 1. The Morgan fingerprint density at radius 3 is 2.79 bits per heavy atom. The monoisotopic (exact) mass is 277 g/mol. The second kappa shape index (κ2) is 4.47. The summed E-state index contributed by atoms with van der Waals surface area (Å²) in [5, 5.41) is 2.79. The maximum Gasteiger partial charge on any atom is 0.182 e. The zero-order chi connectivity index (χ0) is 13.4. The second-order valence-electron chi connectivity index (χ2n) is 3.95. The molecule has 0 saturated carbocycles. The van der Waals surface area contributed by atoms with E-state index in [1.165, 1.54) is 23.5 Å². The minimum absolute atomic E-state index is 0.0429. The molecule has 0 fully saturated rings. The van der Waals surface area contributed by atoms with Gasteiger partial charge in [-0.2, -0.15) is 0 Å².